The molecule has 0 amide bonds. The van der Waals surface area contributed by atoms with Gasteiger partial charge in [0.15, 0.2) is 5.78 Å². The number of hydrogen-bond donors (Lipinski definition) is 1. The molecule has 1 aliphatic rings. The zero-order valence-electron chi connectivity index (χ0n) is 30.6. The third-order valence-electron chi connectivity index (χ3n) is 10.2. The summed E-state index contributed by atoms with van der Waals surface area (Å²) in [5.41, 5.74) is 5.57. The molecule has 2 heterocycles. The summed E-state index contributed by atoms with van der Waals surface area (Å²) >= 11 is 1.97. The zero-order chi connectivity index (χ0) is 34.0. The van der Waals surface area contributed by atoms with Crippen LogP contribution in [0.5, 0.6) is 0 Å². The quantitative estimate of drug-likeness (QED) is 0.109. The first-order chi connectivity index (χ1) is 21.6. The molecule has 1 radical (unpaired) electrons. The van der Waals surface area contributed by atoms with Crippen LogP contribution in [-0.4, -0.2) is 15.9 Å². The van der Waals surface area contributed by atoms with E-state index in [2.05, 4.69) is 90.9 Å². The Kier molecular flexibility index (Phi) is 12.9. The number of rotatable bonds is 8. The van der Waals surface area contributed by atoms with Gasteiger partial charge in [0.2, 0.25) is 0 Å². The first-order valence-corrected chi connectivity index (χ1v) is 18.2. The van der Waals surface area contributed by atoms with Crippen molar-refractivity contribution in [3.05, 3.63) is 76.5 Å². The van der Waals surface area contributed by atoms with Gasteiger partial charge in [-0.2, -0.15) is 0 Å². The molecule has 5 heteroatoms. The fourth-order valence-corrected chi connectivity index (χ4v) is 8.60. The third kappa shape index (κ3) is 8.28. The van der Waals surface area contributed by atoms with Gasteiger partial charge in [-0.1, -0.05) is 105 Å². The van der Waals surface area contributed by atoms with Crippen LogP contribution in [-0.2, 0) is 41.1 Å². The maximum absolute atomic E-state index is 11.7. The van der Waals surface area contributed by atoms with Gasteiger partial charge < -0.3 is 5.11 Å². The van der Waals surface area contributed by atoms with Gasteiger partial charge in [0, 0.05) is 59.5 Å². The maximum atomic E-state index is 11.7. The molecular formula is C42H56IrNO2S-. The van der Waals surface area contributed by atoms with Crippen molar-refractivity contribution in [2.45, 2.75) is 131 Å². The first kappa shape index (κ1) is 39.1. The number of hydrogen-bond acceptors (Lipinski definition) is 4. The van der Waals surface area contributed by atoms with E-state index in [-0.39, 0.29) is 59.7 Å². The fourth-order valence-electron chi connectivity index (χ4n) is 6.99. The Bertz CT molecular complexity index is 1710. The molecule has 0 atom stereocenters. The van der Waals surface area contributed by atoms with Crippen molar-refractivity contribution >= 4 is 38.0 Å². The summed E-state index contributed by atoms with van der Waals surface area (Å²) in [6.45, 7) is 24.6. The SMILES string of the molecule is CC(C)(C)c1cc(-c2nccc3c4c(sc23)C(C)(C)CCC4(C)C)[c-]c2ccccc12.CCC(CC)C(=O)/C=C(\O)C(CC)CC.[Ir]. The van der Waals surface area contributed by atoms with Crippen molar-refractivity contribution in [3.8, 4) is 11.3 Å². The normalized spacial score (nSPS) is 15.7. The van der Waals surface area contributed by atoms with E-state index in [1.54, 1.807) is 10.4 Å². The number of carbonyl (C=O) groups excluding carboxylic acids is 1. The number of fused-ring (bicyclic) bond motifs is 4. The average Bonchev–Trinajstić information content (AvgIpc) is 3.43. The number of aliphatic hydroxyl groups is 1. The molecule has 0 unspecified atom stereocenters. The third-order valence-corrected chi connectivity index (χ3v) is 11.8. The topological polar surface area (TPSA) is 50.2 Å². The number of nitrogens with zero attached hydrogens (tertiary/aromatic N) is 1. The minimum atomic E-state index is 0. The van der Waals surface area contributed by atoms with Crippen molar-refractivity contribution < 1.29 is 30.0 Å². The second kappa shape index (κ2) is 15.5. The smallest absolute Gasteiger partial charge is 0.162 e. The van der Waals surface area contributed by atoms with Gasteiger partial charge in [-0.25, -0.2) is 0 Å². The van der Waals surface area contributed by atoms with Gasteiger partial charge >= 0.3 is 0 Å². The van der Waals surface area contributed by atoms with Crippen LogP contribution >= 0.6 is 11.3 Å². The fraction of sp³-hybridized carbons (Fsp3) is 0.524. The summed E-state index contributed by atoms with van der Waals surface area (Å²) < 4.78 is 1.32. The molecule has 5 rings (SSSR count). The number of benzene rings is 2. The monoisotopic (exact) mass is 831 g/mol. The molecule has 2 aromatic heterocycles. The van der Waals surface area contributed by atoms with Crippen LogP contribution in [0.3, 0.4) is 0 Å². The Morgan fingerprint density at radius 1 is 0.936 bits per heavy atom. The predicted molar refractivity (Wildman–Crippen MR) is 199 cm³/mol. The number of ketones is 1. The molecule has 47 heavy (non-hydrogen) atoms. The number of pyridine rings is 1. The molecule has 0 spiro atoms. The molecule has 0 bridgehead atoms. The molecule has 0 aliphatic heterocycles. The average molecular weight is 831 g/mol. The van der Waals surface area contributed by atoms with Crippen molar-refractivity contribution in [1.29, 1.82) is 0 Å². The standard InChI is InChI=1S/C29H32NS.C13H24O2.Ir/c1-27(2,3)22-17-19(16-18-10-8-9-11-20(18)22)24-25-21(12-15-30-24)23-26(31-25)29(6,7)14-13-28(23,4)5;1-5-10(6-2)12(14)9-13(15)11(7-3)8-4;/h8-12,15,17H,13-14H2,1-7H3;9-11,14H,5-8H2,1-4H3;/q-1;;/b;12-9-;. The van der Waals surface area contributed by atoms with E-state index in [1.807, 2.05) is 45.2 Å². The van der Waals surface area contributed by atoms with Crippen LogP contribution < -0.4 is 0 Å². The summed E-state index contributed by atoms with van der Waals surface area (Å²) in [5.74, 6) is 0.547. The van der Waals surface area contributed by atoms with Gasteiger partial charge in [-0.15, -0.1) is 40.5 Å². The number of carbonyl (C=O) groups is 1. The van der Waals surface area contributed by atoms with E-state index in [0.29, 0.717) is 0 Å². The molecule has 0 saturated carbocycles. The van der Waals surface area contributed by atoms with Crippen molar-refractivity contribution in [3.63, 3.8) is 0 Å². The Morgan fingerprint density at radius 3 is 2.13 bits per heavy atom. The molecule has 2 aromatic carbocycles. The van der Waals surface area contributed by atoms with Crippen molar-refractivity contribution in [1.82, 2.24) is 4.98 Å². The van der Waals surface area contributed by atoms with Crippen LogP contribution in [0.1, 0.15) is 131 Å². The van der Waals surface area contributed by atoms with Crippen molar-refractivity contribution in [2.24, 2.45) is 11.8 Å². The second-order valence-corrected chi connectivity index (χ2v) is 16.5. The molecule has 257 valence electrons. The molecule has 3 nitrogen and oxygen atoms in total. The van der Waals surface area contributed by atoms with E-state index in [0.717, 1.165) is 36.9 Å². The molecule has 1 N–H and O–H groups in total. The van der Waals surface area contributed by atoms with Crippen LogP contribution in [0.2, 0.25) is 0 Å². The van der Waals surface area contributed by atoms with Gasteiger partial charge in [-0.05, 0) is 71.8 Å². The Hall–Kier alpha value is -2.33. The Labute approximate surface area is 302 Å². The summed E-state index contributed by atoms with van der Waals surface area (Å²) in [4.78, 5) is 18.2. The summed E-state index contributed by atoms with van der Waals surface area (Å²) in [5, 5.41) is 13.6. The first-order valence-electron chi connectivity index (χ1n) is 17.4. The number of allylic oxidation sites excluding steroid dienone is 2. The summed E-state index contributed by atoms with van der Waals surface area (Å²) in [6, 6.07) is 16.9. The maximum Gasteiger partial charge on any atom is 0.162 e. The Morgan fingerprint density at radius 2 is 1.53 bits per heavy atom. The summed E-state index contributed by atoms with van der Waals surface area (Å²) in [6.07, 6.45) is 9.37. The minimum Gasteiger partial charge on any atom is -0.512 e. The number of thiophene rings is 1. The Balaban J connectivity index is 0.000000322. The van der Waals surface area contributed by atoms with Gasteiger partial charge in [-0.3, -0.25) is 9.78 Å². The zero-order valence-corrected chi connectivity index (χ0v) is 33.8. The second-order valence-electron chi connectivity index (χ2n) is 15.5. The van der Waals surface area contributed by atoms with E-state index in [9.17, 15) is 9.90 Å². The molecule has 4 aromatic rings. The minimum absolute atomic E-state index is 0. The largest absolute Gasteiger partial charge is 0.512 e. The number of aromatic nitrogens is 1. The number of aliphatic hydroxyl groups excluding tert-OH is 1. The molecular weight excluding hydrogens is 775 g/mol. The van der Waals surface area contributed by atoms with Gasteiger partial charge in [0.05, 0.1) is 5.76 Å². The predicted octanol–water partition coefficient (Wildman–Crippen LogP) is 12.4. The van der Waals surface area contributed by atoms with Crippen molar-refractivity contribution in [2.75, 3.05) is 0 Å². The van der Waals surface area contributed by atoms with E-state index < -0.39 is 0 Å². The van der Waals surface area contributed by atoms with Crippen LogP contribution in [0.4, 0.5) is 0 Å². The van der Waals surface area contributed by atoms with Crippen LogP contribution in [0, 0.1) is 17.9 Å². The van der Waals surface area contributed by atoms with Crippen LogP contribution in [0.25, 0.3) is 32.1 Å². The van der Waals surface area contributed by atoms with E-state index in [1.165, 1.54) is 45.3 Å². The molecule has 1 aliphatic carbocycles. The van der Waals surface area contributed by atoms with Gasteiger partial charge in [0.1, 0.15) is 0 Å². The van der Waals surface area contributed by atoms with Gasteiger partial charge in [0.25, 0.3) is 0 Å². The van der Waals surface area contributed by atoms with Crippen LogP contribution in [0.15, 0.2) is 54.4 Å². The molecule has 0 saturated heterocycles. The summed E-state index contributed by atoms with van der Waals surface area (Å²) in [7, 11) is 0. The van der Waals surface area contributed by atoms with E-state index >= 15 is 0 Å². The van der Waals surface area contributed by atoms with E-state index in [4.69, 9.17) is 4.98 Å². The molecule has 0 fully saturated rings.